The lowest BCUT2D eigenvalue weighted by Gasteiger charge is -2.20. The van der Waals surface area contributed by atoms with E-state index in [1.165, 1.54) is 0 Å². The van der Waals surface area contributed by atoms with E-state index in [-0.39, 0.29) is 13.2 Å². The molecule has 0 atom stereocenters. The van der Waals surface area contributed by atoms with Gasteiger partial charge in [0.05, 0.1) is 24.2 Å². The second-order valence-corrected chi connectivity index (χ2v) is 8.50. The third kappa shape index (κ3) is 5.63. The normalized spacial score (nSPS) is 12.4. The van der Waals surface area contributed by atoms with E-state index in [9.17, 15) is 5.11 Å². The number of halogens is 1. The van der Waals surface area contributed by atoms with Crippen LogP contribution < -0.4 is 14.2 Å². The van der Waals surface area contributed by atoms with Crippen LogP contribution in [0.1, 0.15) is 16.7 Å². The smallest absolute Gasteiger partial charge is 0.161 e. The summed E-state index contributed by atoms with van der Waals surface area (Å²) in [4.78, 5) is 1.86. The van der Waals surface area contributed by atoms with Crippen molar-refractivity contribution in [3.05, 3.63) is 76.3 Å². The van der Waals surface area contributed by atoms with Crippen LogP contribution >= 0.6 is 11.6 Å². The van der Waals surface area contributed by atoms with Crippen LogP contribution in [-0.2, 0) is 13.2 Å². The highest BCUT2D eigenvalue weighted by molar-refractivity contribution is 6.32. The van der Waals surface area contributed by atoms with Gasteiger partial charge in [-0.05, 0) is 59.0 Å². The summed E-state index contributed by atoms with van der Waals surface area (Å²) < 4.78 is 17.4. The van der Waals surface area contributed by atoms with Crippen LogP contribution in [0.5, 0.6) is 17.2 Å². The maximum atomic E-state index is 9.18. The number of nitrogens with zero attached hydrogens (tertiary/aromatic N) is 2. The van der Waals surface area contributed by atoms with Gasteiger partial charge in [0.25, 0.3) is 0 Å². The lowest BCUT2D eigenvalue weighted by Crippen LogP contribution is -2.26. The first-order valence-electron chi connectivity index (χ1n) is 11.2. The van der Waals surface area contributed by atoms with Gasteiger partial charge in [0.15, 0.2) is 11.5 Å². The Bertz CT molecular complexity index is 1190. The van der Waals surface area contributed by atoms with E-state index in [1.54, 1.807) is 0 Å². The van der Waals surface area contributed by atoms with Crippen LogP contribution in [0.3, 0.4) is 0 Å². The molecule has 0 fully saturated rings. The van der Waals surface area contributed by atoms with Gasteiger partial charge in [-0.15, -0.1) is 0 Å². The molecule has 0 radical (unpaired) electrons. The first-order valence-corrected chi connectivity index (χ1v) is 11.6. The van der Waals surface area contributed by atoms with Gasteiger partial charge in [0.2, 0.25) is 0 Å². The molecule has 0 spiro atoms. The molecule has 0 aliphatic carbocycles. The van der Waals surface area contributed by atoms with E-state index in [4.69, 9.17) is 31.1 Å². The Morgan fingerprint density at radius 3 is 2.68 bits per heavy atom. The molecule has 0 unspecified atom stereocenters. The molecule has 0 amide bonds. The third-order valence-electron chi connectivity index (χ3n) is 5.80. The molecule has 0 saturated heterocycles. The van der Waals surface area contributed by atoms with E-state index < -0.39 is 0 Å². The number of aliphatic hydroxyl groups excluding tert-OH is 1. The minimum Gasteiger partial charge on any atom is -0.487 e. The molecular weight excluding hydrogens is 452 g/mol. The quantitative estimate of drug-likeness (QED) is 0.437. The van der Waals surface area contributed by atoms with Gasteiger partial charge < -0.3 is 19.3 Å². The van der Waals surface area contributed by atoms with Gasteiger partial charge in [-0.2, -0.15) is 5.26 Å². The van der Waals surface area contributed by atoms with Crippen LogP contribution in [0.2, 0.25) is 5.02 Å². The van der Waals surface area contributed by atoms with Crippen molar-refractivity contribution in [2.24, 2.45) is 0 Å². The van der Waals surface area contributed by atoms with Crippen LogP contribution in [0.25, 0.3) is 11.1 Å². The lowest BCUT2D eigenvalue weighted by molar-refractivity contribution is 0.171. The average molecular weight is 479 g/mol. The standard InChI is InChI=1S/C27H27ClN2O4/c1-19-22(3-2-4-23(19)21-6-8-26-27(16-21)33-14-13-32-26)18-34-25-7-5-20(15-24(25)28)17-30(10-9-29)11-12-31/h2-8,15-16,31H,10-14,17-18H2,1H3. The number of benzene rings is 3. The number of hydrogen-bond acceptors (Lipinski definition) is 6. The van der Waals surface area contributed by atoms with E-state index in [0.29, 0.717) is 43.7 Å². The van der Waals surface area contributed by atoms with Crippen LogP contribution in [0.4, 0.5) is 0 Å². The summed E-state index contributed by atoms with van der Waals surface area (Å²) in [5.41, 5.74) is 5.33. The van der Waals surface area contributed by atoms with Crippen molar-refractivity contribution in [1.29, 1.82) is 5.26 Å². The van der Waals surface area contributed by atoms with Crippen LogP contribution in [0, 0.1) is 18.3 Å². The Kier molecular flexibility index (Phi) is 7.91. The molecular formula is C27H27ClN2O4. The van der Waals surface area contributed by atoms with Gasteiger partial charge >= 0.3 is 0 Å². The van der Waals surface area contributed by atoms with Crippen LogP contribution in [0.15, 0.2) is 54.6 Å². The highest BCUT2D eigenvalue weighted by atomic mass is 35.5. The zero-order valence-electron chi connectivity index (χ0n) is 19.1. The molecule has 1 heterocycles. The molecule has 3 aromatic rings. The molecule has 6 nitrogen and oxygen atoms in total. The monoisotopic (exact) mass is 478 g/mol. The molecule has 7 heteroatoms. The fourth-order valence-corrected chi connectivity index (χ4v) is 4.25. The van der Waals surface area contributed by atoms with Crippen molar-refractivity contribution in [2.45, 2.75) is 20.1 Å². The minimum atomic E-state index is 0.00127. The van der Waals surface area contributed by atoms with Crippen molar-refractivity contribution >= 4 is 11.6 Å². The average Bonchev–Trinajstić information content (AvgIpc) is 2.84. The number of ether oxygens (including phenoxy) is 3. The number of hydrogen-bond donors (Lipinski definition) is 1. The minimum absolute atomic E-state index is 0.00127. The summed E-state index contributed by atoms with van der Waals surface area (Å²) in [7, 11) is 0. The van der Waals surface area contributed by atoms with E-state index in [0.717, 1.165) is 39.3 Å². The number of fused-ring (bicyclic) bond motifs is 1. The Morgan fingerprint density at radius 2 is 1.91 bits per heavy atom. The summed E-state index contributed by atoms with van der Waals surface area (Å²) in [6.07, 6.45) is 0. The molecule has 0 bridgehead atoms. The summed E-state index contributed by atoms with van der Waals surface area (Å²) in [6, 6.07) is 19.9. The predicted octanol–water partition coefficient (Wildman–Crippen LogP) is 4.98. The van der Waals surface area contributed by atoms with E-state index in [2.05, 4.69) is 19.1 Å². The van der Waals surface area contributed by atoms with E-state index >= 15 is 0 Å². The van der Waals surface area contributed by atoms with Crippen molar-refractivity contribution in [3.63, 3.8) is 0 Å². The number of rotatable bonds is 9. The first-order chi connectivity index (χ1) is 16.6. The van der Waals surface area contributed by atoms with Crippen molar-refractivity contribution in [2.75, 3.05) is 32.9 Å². The molecule has 34 heavy (non-hydrogen) atoms. The maximum absolute atomic E-state index is 9.18. The van der Waals surface area contributed by atoms with Crippen molar-refractivity contribution in [1.82, 2.24) is 4.90 Å². The predicted molar refractivity (Wildman–Crippen MR) is 131 cm³/mol. The van der Waals surface area contributed by atoms with Crippen molar-refractivity contribution < 1.29 is 19.3 Å². The molecule has 1 aliphatic rings. The zero-order chi connectivity index (χ0) is 23.9. The molecule has 176 valence electrons. The molecule has 1 N–H and O–H groups in total. The first kappa shape index (κ1) is 23.9. The Morgan fingerprint density at radius 1 is 1.09 bits per heavy atom. The van der Waals surface area contributed by atoms with Crippen LogP contribution in [-0.4, -0.2) is 42.9 Å². The zero-order valence-corrected chi connectivity index (χ0v) is 19.8. The lowest BCUT2D eigenvalue weighted by atomic mass is 9.96. The number of aliphatic hydroxyl groups is 1. The highest BCUT2D eigenvalue weighted by Crippen LogP contribution is 2.36. The van der Waals surface area contributed by atoms with Gasteiger partial charge in [0, 0.05) is 13.1 Å². The highest BCUT2D eigenvalue weighted by Gasteiger charge is 2.15. The fourth-order valence-electron chi connectivity index (χ4n) is 3.99. The molecule has 3 aromatic carbocycles. The molecule has 4 rings (SSSR count). The maximum Gasteiger partial charge on any atom is 0.161 e. The summed E-state index contributed by atoms with van der Waals surface area (Å²) in [5, 5.41) is 18.6. The second kappa shape index (κ2) is 11.3. The Balaban J connectivity index is 1.46. The summed E-state index contributed by atoms with van der Waals surface area (Å²) >= 11 is 6.48. The summed E-state index contributed by atoms with van der Waals surface area (Å²) in [6.45, 7) is 4.81. The fraction of sp³-hybridized carbons (Fsp3) is 0.296. The van der Waals surface area contributed by atoms with Crippen molar-refractivity contribution in [3.8, 4) is 34.4 Å². The number of nitriles is 1. The third-order valence-corrected chi connectivity index (χ3v) is 6.09. The van der Waals surface area contributed by atoms with Gasteiger partial charge in [-0.1, -0.05) is 41.9 Å². The topological polar surface area (TPSA) is 75.0 Å². The van der Waals surface area contributed by atoms with Gasteiger partial charge in [-0.3, -0.25) is 4.90 Å². The Hall–Kier alpha value is -3.24. The SMILES string of the molecule is Cc1c(COc2ccc(CN(CC#N)CCO)cc2Cl)cccc1-c1ccc2c(c1)OCCO2. The summed E-state index contributed by atoms with van der Waals surface area (Å²) in [5.74, 6) is 2.14. The molecule has 1 aliphatic heterocycles. The van der Waals surface area contributed by atoms with Gasteiger partial charge in [0.1, 0.15) is 25.6 Å². The van der Waals surface area contributed by atoms with Gasteiger partial charge in [-0.25, -0.2) is 0 Å². The second-order valence-electron chi connectivity index (χ2n) is 8.09. The molecule has 0 aromatic heterocycles. The van der Waals surface area contributed by atoms with E-state index in [1.807, 2.05) is 53.4 Å². The Labute approximate surface area is 204 Å². The largest absolute Gasteiger partial charge is 0.487 e. The molecule has 0 saturated carbocycles.